The van der Waals surface area contributed by atoms with Crippen molar-refractivity contribution in [3.05, 3.63) is 0 Å². The van der Waals surface area contributed by atoms with E-state index in [4.69, 9.17) is 42.8 Å². The average molecular weight is 1310 g/mol. The van der Waals surface area contributed by atoms with Gasteiger partial charge in [-0.15, -0.1) is 0 Å². The van der Waals surface area contributed by atoms with Gasteiger partial charge in [0.25, 0.3) is 0 Å². The van der Waals surface area contributed by atoms with Crippen molar-refractivity contribution in [1.29, 1.82) is 0 Å². The van der Waals surface area contributed by atoms with Gasteiger partial charge in [-0.2, -0.15) is 0 Å². The minimum absolute atomic E-state index is 0.103. The summed E-state index contributed by atoms with van der Waals surface area (Å²) < 4.78 is 68.2. The Morgan fingerprint density at radius 1 is 0.303 bits per heavy atom. The smallest absolute Gasteiger partial charge is 0.462 e. The lowest BCUT2D eigenvalue weighted by Gasteiger charge is -2.21. The van der Waals surface area contributed by atoms with Crippen molar-refractivity contribution in [3.63, 3.8) is 0 Å². The zero-order valence-electron chi connectivity index (χ0n) is 57.0. The number of rotatable bonds is 71. The number of carbonyl (C=O) groups is 4. The van der Waals surface area contributed by atoms with E-state index in [0.717, 1.165) is 122 Å². The Morgan fingerprint density at radius 2 is 0.506 bits per heavy atom. The molecular formula is C69H135NO17P2. The maximum Gasteiger partial charge on any atom is 0.472 e. The molecule has 89 heavy (non-hydrogen) atoms. The van der Waals surface area contributed by atoms with Crippen molar-refractivity contribution in [2.24, 2.45) is 5.73 Å². The molecule has 0 heterocycles. The van der Waals surface area contributed by atoms with Crippen LogP contribution in [0.15, 0.2) is 0 Å². The molecule has 0 saturated carbocycles. The van der Waals surface area contributed by atoms with Gasteiger partial charge >= 0.3 is 39.5 Å². The monoisotopic (exact) mass is 1310 g/mol. The number of hydrogen-bond donors (Lipinski definition) is 4. The van der Waals surface area contributed by atoms with Gasteiger partial charge in [-0.05, 0) is 38.6 Å². The number of nitrogens with two attached hydrogens (primary N) is 1. The number of unbranched alkanes of at least 4 members (excludes halogenated alkanes) is 44. The summed E-state index contributed by atoms with van der Waals surface area (Å²) in [4.78, 5) is 72.5. The number of aliphatic hydroxyl groups excluding tert-OH is 1. The summed E-state index contributed by atoms with van der Waals surface area (Å²) >= 11 is 0. The van der Waals surface area contributed by atoms with Gasteiger partial charge in [0.1, 0.15) is 19.3 Å². The van der Waals surface area contributed by atoms with Gasteiger partial charge < -0.3 is 39.6 Å². The van der Waals surface area contributed by atoms with Crippen molar-refractivity contribution < 1.29 is 80.2 Å². The second kappa shape index (κ2) is 64.7. The van der Waals surface area contributed by atoms with Gasteiger partial charge in [-0.3, -0.25) is 37.3 Å². The highest BCUT2D eigenvalue weighted by molar-refractivity contribution is 7.47. The first kappa shape index (κ1) is 87.0. The third-order valence-corrected chi connectivity index (χ3v) is 18.1. The van der Waals surface area contributed by atoms with E-state index in [9.17, 15) is 43.2 Å². The van der Waals surface area contributed by atoms with Gasteiger partial charge in [-0.25, -0.2) is 9.13 Å². The Morgan fingerprint density at radius 3 is 0.742 bits per heavy atom. The fraction of sp³-hybridized carbons (Fsp3) is 0.942. The van der Waals surface area contributed by atoms with Gasteiger partial charge in [0.15, 0.2) is 12.2 Å². The van der Waals surface area contributed by atoms with Crippen LogP contribution in [0.5, 0.6) is 0 Å². The van der Waals surface area contributed by atoms with Gasteiger partial charge in [-0.1, -0.05) is 297 Å². The third-order valence-electron chi connectivity index (χ3n) is 16.2. The van der Waals surface area contributed by atoms with Crippen LogP contribution in [0.1, 0.15) is 355 Å². The van der Waals surface area contributed by atoms with Crippen molar-refractivity contribution in [3.8, 4) is 0 Å². The average Bonchev–Trinajstić information content (AvgIpc) is 3.73. The Bertz CT molecular complexity index is 1710. The summed E-state index contributed by atoms with van der Waals surface area (Å²) in [6.07, 6.45) is 50.5. The molecule has 0 aromatic rings. The summed E-state index contributed by atoms with van der Waals surface area (Å²) in [5, 5.41) is 10.6. The first-order valence-electron chi connectivity index (χ1n) is 36.5. The van der Waals surface area contributed by atoms with Crippen LogP contribution < -0.4 is 5.73 Å². The number of esters is 4. The van der Waals surface area contributed by atoms with E-state index >= 15 is 0 Å². The third kappa shape index (κ3) is 64.5. The fourth-order valence-corrected chi connectivity index (χ4v) is 12.2. The Balaban J connectivity index is 5.24. The van der Waals surface area contributed by atoms with E-state index in [0.29, 0.717) is 25.7 Å². The van der Waals surface area contributed by atoms with Gasteiger partial charge in [0.2, 0.25) is 0 Å². The van der Waals surface area contributed by atoms with Crippen LogP contribution >= 0.6 is 15.6 Å². The van der Waals surface area contributed by atoms with E-state index in [-0.39, 0.29) is 25.7 Å². The molecule has 5 N–H and O–H groups in total. The van der Waals surface area contributed by atoms with Crippen LogP contribution in [0.3, 0.4) is 0 Å². The minimum atomic E-state index is -4.95. The normalized spacial score (nSPS) is 14.0. The summed E-state index contributed by atoms with van der Waals surface area (Å²) in [5.41, 5.74) is 5.58. The lowest BCUT2D eigenvalue weighted by molar-refractivity contribution is -0.161. The fourth-order valence-electron chi connectivity index (χ4n) is 10.6. The van der Waals surface area contributed by atoms with E-state index in [2.05, 4.69) is 20.8 Å². The molecule has 0 bridgehead atoms. The van der Waals surface area contributed by atoms with E-state index in [1.807, 2.05) is 0 Å². The predicted octanol–water partition coefficient (Wildman–Crippen LogP) is 18.8. The molecule has 0 radical (unpaired) electrons. The lowest BCUT2D eigenvalue weighted by Crippen LogP contribution is -2.30. The maximum absolute atomic E-state index is 13.0. The molecule has 0 saturated heterocycles. The molecular weight excluding hydrogens is 1180 g/mol. The van der Waals surface area contributed by atoms with Crippen molar-refractivity contribution in [1.82, 2.24) is 0 Å². The number of ether oxygens (including phenoxy) is 4. The van der Waals surface area contributed by atoms with Crippen LogP contribution in [0, 0.1) is 0 Å². The molecule has 0 aromatic carbocycles. The number of hydrogen-bond acceptors (Lipinski definition) is 16. The molecule has 0 amide bonds. The van der Waals surface area contributed by atoms with E-state index < -0.39 is 97.5 Å². The molecule has 0 aliphatic rings. The van der Waals surface area contributed by atoms with Crippen LogP contribution in [-0.4, -0.2) is 103 Å². The molecule has 5 atom stereocenters. The van der Waals surface area contributed by atoms with E-state index in [1.165, 1.54) is 167 Å². The molecule has 528 valence electrons. The molecule has 0 rings (SSSR count). The van der Waals surface area contributed by atoms with Crippen molar-refractivity contribution in [2.75, 3.05) is 46.2 Å². The quantitative estimate of drug-likeness (QED) is 0.0191. The predicted molar refractivity (Wildman–Crippen MR) is 357 cm³/mol. The molecule has 2 unspecified atom stereocenters. The molecule has 0 aliphatic heterocycles. The maximum atomic E-state index is 13.0. The molecule has 18 nitrogen and oxygen atoms in total. The van der Waals surface area contributed by atoms with Gasteiger partial charge in [0, 0.05) is 25.7 Å². The molecule has 0 aromatic heterocycles. The molecule has 0 aliphatic carbocycles. The number of phosphoric acid groups is 2. The largest absolute Gasteiger partial charge is 0.472 e. The highest BCUT2D eigenvalue weighted by atomic mass is 31.2. The lowest BCUT2D eigenvalue weighted by atomic mass is 10.0. The van der Waals surface area contributed by atoms with Crippen LogP contribution in [-0.2, 0) is 65.4 Å². The van der Waals surface area contributed by atoms with Crippen LogP contribution in [0.25, 0.3) is 0 Å². The first-order chi connectivity index (χ1) is 43.2. The minimum Gasteiger partial charge on any atom is -0.462 e. The second-order valence-corrected chi connectivity index (χ2v) is 28.0. The SMILES string of the molecule is CCCCCCCCCCCCCCCC(=O)OC[C@H](COP(=O)(O)OC[C@H](O)COP(=O)(O)OC[C@@H](COC(=O)CCCCCCCCCCCN)OC(=O)CCCCCCCCCCCCCCC)OC(=O)CCCCCCCCCCCCCCC. The highest BCUT2D eigenvalue weighted by Gasteiger charge is 2.30. The first-order valence-corrected chi connectivity index (χ1v) is 39.5. The zero-order valence-corrected chi connectivity index (χ0v) is 58.8. The molecule has 20 heteroatoms. The Hall–Kier alpha value is -1.98. The van der Waals surface area contributed by atoms with Crippen molar-refractivity contribution in [2.45, 2.75) is 373 Å². The van der Waals surface area contributed by atoms with Crippen molar-refractivity contribution >= 4 is 39.5 Å². The number of aliphatic hydroxyl groups is 1. The number of phosphoric ester groups is 2. The topological polar surface area (TPSA) is 263 Å². The van der Waals surface area contributed by atoms with E-state index in [1.54, 1.807) is 0 Å². The standard InChI is InChI=1S/C69H135NO17P2/c1-4-7-10-13-16-19-22-25-28-32-37-42-47-52-66(72)80-59-64(86-68(74)54-49-44-39-33-29-26-23-20-17-14-11-8-5-2)61-84-88(76,77)82-57-63(71)58-83-89(78,79)85-62-65(60-81-67(73)53-48-43-38-35-31-36-41-46-51-56-70)87-69(75)55-50-45-40-34-30-27-24-21-18-15-12-9-6-3/h63-65,71H,4-62,70H2,1-3H3,(H,76,77)(H,78,79)/t63-,64+,65+/m0/s1. The summed E-state index contributed by atoms with van der Waals surface area (Å²) in [6, 6.07) is 0. The van der Waals surface area contributed by atoms with Crippen LogP contribution in [0.2, 0.25) is 0 Å². The summed E-state index contributed by atoms with van der Waals surface area (Å²) in [7, 11) is -9.90. The second-order valence-electron chi connectivity index (χ2n) is 25.1. The van der Waals surface area contributed by atoms with Gasteiger partial charge in [0.05, 0.1) is 26.4 Å². The summed E-state index contributed by atoms with van der Waals surface area (Å²) in [6.45, 7) is 3.43. The summed E-state index contributed by atoms with van der Waals surface area (Å²) in [5.74, 6) is -2.14. The zero-order chi connectivity index (χ0) is 65.4. The molecule has 0 fully saturated rings. The Labute approximate surface area is 542 Å². The highest BCUT2D eigenvalue weighted by Crippen LogP contribution is 2.45. The Kier molecular flexibility index (Phi) is 63.3. The molecule has 0 spiro atoms. The van der Waals surface area contributed by atoms with Crippen LogP contribution in [0.4, 0.5) is 0 Å². The number of carbonyl (C=O) groups excluding carboxylic acids is 4.